The van der Waals surface area contributed by atoms with E-state index in [1.54, 1.807) is 0 Å². The van der Waals surface area contributed by atoms with Gasteiger partial charge in [0.1, 0.15) is 30.2 Å². The third-order valence-electron chi connectivity index (χ3n) is 6.13. The molecule has 132 valence electrons. The molecule has 0 aromatic rings. The Balaban J connectivity index is 1.57. The second-order valence-electron chi connectivity index (χ2n) is 7.41. The predicted octanol–water partition coefficient (Wildman–Crippen LogP) is -0.946. The van der Waals surface area contributed by atoms with Crippen molar-refractivity contribution in [3.8, 4) is 0 Å². The summed E-state index contributed by atoms with van der Waals surface area (Å²) in [7, 11) is 0. The first-order valence-corrected chi connectivity index (χ1v) is 8.26. The van der Waals surface area contributed by atoms with Crippen molar-refractivity contribution in [2.45, 2.75) is 57.4 Å². The molecule has 1 aliphatic heterocycles. The zero-order valence-corrected chi connectivity index (χ0v) is 13.5. The molecule has 7 nitrogen and oxygen atoms in total. The second-order valence-corrected chi connectivity index (χ2v) is 7.41. The van der Waals surface area contributed by atoms with Crippen molar-refractivity contribution < 1.29 is 34.7 Å². The van der Waals surface area contributed by atoms with Crippen molar-refractivity contribution >= 4 is 5.78 Å². The highest BCUT2D eigenvalue weighted by atomic mass is 16.7. The van der Waals surface area contributed by atoms with Gasteiger partial charge in [-0.25, -0.2) is 0 Å². The van der Waals surface area contributed by atoms with E-state index >= 15 is 0 Å². The molecule has 0 aromatic heterocycles. The largest absolute Gasteiger partial charge is 0.394 e. The van der Waals surface area contributed by atoms with E-state index in [1.807, 2.05) is 13.8 Å². The lowest BCUT2D eigenvalue weighted by Gasteiger charge is -2.40. The molecule has 2 aliphatic carbocycles. The average Bonchev–Trinajstić information content (AvgIpc) is 3.20. The molecule has 3 fully saturated rings. The summed E-state index contributed by atoms with van der Waals surface area (Å²) in [5, 5.41) is 38.6. The minimum Gasteiger partial charge on any atom is -0.394 e. The van der Waals surface area contributed by atoms with Crippen LogP contribution < -0.4 is 0 Å². The first-order chi connectivity index (χ1) is 10.8. The molecule has 4 N–H and O–H groups in total. The Morgan fingerprint density at radius 2 is 2.00 bits per heavy atom. The minimum absolute atomic E-state index is 0.00459. The lowest BCUT2D eigenvalue weighted by Crippen LogP contribution is -2.59. The average molecular weight is 330 g/mol. The number of ether oxygens (including phenoxy) is 2. The summed E-state index contributed by atoms with van der Waals surface area (Å²) in [6, 6.07) is 0. The van der Waals surface area contributed by atoms with Gasteiger partial charge in [0.25, 0.3) is 0 Å². The lowest BCUT2D eigenvalue weighted by molar-refractivity contribution is -0.303. The molecule has 0 bridgehead atoms. The number of rotatable bonds is 5. The quantitative estimate of drug-likeness (QED) is 0.514. The monoisotopic (exact) mass is 330 g/mol. The second kappa shape index (κ2) is 6.06. The van der Waals surface area contributed by atoms with E-state index in [4.69, 9.17) is 14.6 Å². The van der Waals surface area contributed by atoms with Crippen LogP contribution in [-0.4, -0.2) is 70.1 Å². The van der Waals surface area contributed by atoms with Gasteiger partial charge in [0.2, 0.25) is 0 Å². The molecule has 0 amide bonds. The molecule has 1 saturated heterocycles. The van der Waals surface area contributed by atoms with Gasteiger partial charge in [-0.1, -0.05) is 13.8 Å². The molecule has 3 rings (SSSR count). The van der Waals surface area contributed by atoms with Crippen LogP contribution >= 0.6 is 0 Å². The van der Waals surface area contributed by atoms with Gasteiger partial charge in [-0.15, -0.1) is 0 Å². The number of ketones is 1. The molecular weight excluding hydrogens is 304 g/mol. The Morgan fingerprint density at radius 1 is 1.30 bits per heavy atom. The number of fused-ring (bicyclic) bond motifs is 1. The van der Waals surface area contributed by atoms with Gasteiger partial charge in [0.05, 0.1) is 13.2 Å². The summed E-state index contributed by atoms with van der Waals surface area (Å²) in [6.45, 7) is 3.82. The number of aliphatic hydroxyl groups excluding tert-OH is 4. The van der Waals surface area contributed by atoms with E-state index in [-0.39, 0.29) is 17.3 Å². The maximum Gasteiger partial charge on any atom is 0.186 e. The van der Waals surface area contributed by atoms with Crippen molar-refractivity contribution in [2.75, 3.05) is 13.2 Å². The van der Waals surface area contributed by atoms with Gasteiger partial charge in [0.15, 0.2) is 6.29 Å². The highest BCUT2D eigenvalue weighted by Gasteiger charge is 2.66. The van der Waals surface area contributed by atoms with Crippen molar-refractivity contribution in [3.05, 3.63) is 0 Å². The SMILES string of the molecule is CC1C(=O)CC2(C(C)COC3OC(CO)C(O)C(O)C3O)CC12. The van der Waals surface area contributed by atoms with Gasteiger partial charge in [-0.2, -0.15) is 0 Å². The standard InChI is InChI=1S/C16H26O7/c1-7(16-3-9(16)8(2)10(18)4-16)6-22-15-14(21)13(20)12(19)11(5-17)23-15/h7-9,11-15,17,19-21H,3-6H2,1-2H3. The van der Waals surface area contributed by atoms with E-state index in [1.165, 1.54) is 0 Å². The first-order valence-electron chi connectivity index (χ1n) is 8.26. The summed E-state index contributed by atoms with van der Waals surface area (Å²) in [5.41, 5.74) is 0.00459. The molecule has 0 aromatic carbocycles. The van der Waals surface area contributed by atoms with Crippen molar-refractivity contribution in [1.82, 2.24) is 0 Å². The number of hydrogen-bond donors (Lipinski definition) is 4. The fourth-order valence-electron chi connectivity index (χ4n) is 4.29. The zero-order chi connectivity index (χ0) is 16.9. The van der Waals surface area contributed by atoms with Crippen LogP contribution in [0.3, 0.4) is 0 Å². The third-order valence-corrected chi connectivity index (χ3v) is 6.13. The molecule has 9 atom stereocenters. The number of Topliss-reactive ketones (excluding diaryl/α,β-unsaturated/α-hetero) is 1. The van der Waals surface area contributed by atoms with E-state index < -0.39 is 37.3 Å². The highest BCUT2D eigenvalue weighted by Crippen LogP contribution is 2.68. The summed E-state index contributed by atoms with van der Waals surface area (Å²) < 4.78 is 11.0. The Bertz CT molecular complexity index is 467. The Hall–Kier alpha value is -0.570. The summed E-state index contributed by atoms with van der Waals surface area (Å²) >= 11 is 0. The Morgan fingerprint density at radius 3 is 2.57 bits per heavy atom. The smallest absolute Gasteiger partial charge is 0.186 e. The minimum atomic E-state index is -1.43. The van der Waals surface area contributed by atoms with Crippen LogP contribution in [0.5, 0.6) is 0 Å². The normalized spacial score (nSPS) is 50.7. The highest BCUT2D eigenvalue weighted by molar-refractivity contribution is 5.86. The summed E-state index contributed by atoms with van der Waals surface area (Å²) in [6.07, 6.45) is -4.65. The topological polar surface area (TPSA) is 116 Å². The third kappa shape index (κ3) is 2.73. The fourth-order valence-corrected chi connectivity index (χ4v) is 4.29. The van der Waals surface area contributed by atoms with Gasteiger partial charge < -0.3 is 29.9 Å². The molecule has 9 unspecified atom stereocenters. The summed E-state index contributed by atoms with van der Waals surface area (Å²) in [4.78, 5) is 11.8. The lowest BCUT2D eigenvalue weighted by atomic mass is 9.88. The number of hydrogen-bond acceptors (Lipinski definition) is 7. The number of carbonyl (C=O) groups is 1. The number of aliphatic hydroxyl groups is 4. The fraction of sp³-hybridized carbons (Fsp3) is 0.938. The van der Waals surface area contributed by atoms with Crippen LogP contribution in [0.1, 0.15) is 26.7 Å². The molecule has 1 heterocycles. The molecule has 0 spiro atoms. The summed E-state index contributed by atoms with van der Waals surface area (Å²) in [5.74, 6) is 0.975. The molecule has 23 heavy (non-hydrogen) atoms. The van der Waals surface area contributed by atoms with E-state index in [0.29, 0.717) is 24.7 Å². The molecule has 3 aliphatic rings. The van der Waals surface area contributed by atoms with Crippen molar-refractivity contribution in [1.29, 1.82) is 0 Å². The van der Waals surface area contributed by atoms with Crippen LogP contribution in [0.15, 0.2) is 0 Å². The van der Waals surface area contributed by atoms with E-state index in [9.17, 15) is 20.1 Å². The van der Waals surface area contributed by atoms with E-state index in [0.717, 1.165) is 6.42 Å². The van der Waals surface area contributed by atoms with E-state index in [2.05, 4.69) is 0 Å². The number of carbonyl (C=O) groups excluding carboxylic acids is 1. The van der Waals surface area contributed by atoms with Gasteiger partial charge in [-0.05, 0) is 23.7 Å². The van der Waals surface area contributed by atoms with Crippen molar-refractivity contribution in [2.24, 2.45) is 23.2 Å². The van der Waals surface area contributed by atoms with Crippen LogP contribution in [0.2, 0.25) is 0 Å². The van der Waals surface area contributed by atoms with Gasteiger partial charge in [-0.3, -0.25) is 4.79 Å². The van der Waals surface area contributed by atoms with Crippen LogP contribution in [0.25, 0.3) is 0 Å². The van der Waals surface area contributed by atoms with Crippen LogP contribution in [0, 0.1) is 23.2 Å². The molecule has 7 heteroatoms. The first kappa shape index (κ1) is 17.3. The van der Waals surface area contributed by atoms with Crippen LogP contribution in [0.4, 0.5) is 0 Å². The maximum atomic E-state index is 11.8. The van der Waals surface area contributed by atoms with Crippen molar-refractivity contribution in [3.63, 3.8) is 0 Å². The Kier molecular flexibility index (Phi) is 4.54. The molecule has 2 saturated carbocycles. The Labute approximate surface area is 135 Å². The predicted molar refractivity (Wildman–Crippen MR) is 78.2 cm³/mol. The van der Waals surface area contributed by atoms with Gasteiger partial charge in [0, 0.05) is 12.3 Å². The van der Waals surface area contributed by atoms with Gasteiger partial charge >= 0.3 is 0 Å². The maximum absolute atomic E-state index is 11.8. The molecule has 0 radical (unpaired) electrons. The molecular formula is C16H26O7. The van der Waals surface area contributed by atoms with Crippen LogP contribution in [-0.2, 0) is 14.3 Å². The zero-order valence-electron chi connectivity index (χ0n) is 13.5.